The summed E-state index contributed by atoms with van der Waals surface area (Å²) in [5, 5.41) is 0. The predicted octanol–water partition coefficient (Wildman–Crippen LogP) is 2.54. The van der Waals surface area contributed by atoms with Gasteiger partial charge in [-0.05, 0) is 11.6 Å². The van der Waals surface area contributed by atoms with Gasteiger partial charge in [-0.25, -0.2) is 0 Å². The second-order valence-electron chi connectivity index (χ2n) is 5.95. The fourth-order valence-corrected chi connectivity index (χ4v) is 3.43. The number of allylic oxidation sites excluding steroid dienone is 1. The van der Waals surface area contributed by atoms with Crippen molar-refractivity contribution in [3.05, 3.63) is 59.6 Å². The number of methoxy groups -OCH3 is 1. The van der Waals surface area contributed by atoms with E-state index < -0.39 is 6.29 Å². The van der Waals surface area contributed by atoms with Crippen LogP contribution in [0.25, 0.3) is 0 Å². The Kier molecular flexibility index (Phi) is 3.58. The van der Waals surface area contributed by atoms with Crippen molar-refractivity contribution >= 4 is 5.97 Å². The summed E-state index contributed by atoms with van der Waals surface area (Å²) in [6, 6.07) is 9.97. The van der Waals surface area contributed by atoms with Crippen LogP contribution in [0.5, 0.6) is 0 Å². The summed E-state index contributed by atoms with van der Waals surface area (Å²) in [5.74, 6) is 1.30. The van der Waals surface area contributed by atoms with Gasteiger partial charge in [0.25, 0.3) is 0 Å². The first-order valence-corrected chi connectivity index (χ1v) is 7.73. The second kappa shape index (κ2) is 5.74. The third kappa shape index (κ3) is 2.61. The van der Waals surface area contributed by atoms with E-state index in [0.717, 1.165) is 11.3 Å². The van der Waals surface area contributed by atoms with Crippen molar-refractivity contribution in [3.8, 4) is 0 Å². The molecule has 1 aromatic rings. The monoisotopic (exact) mass is 314 g/mol. The molecule has 0 N–H and O–H groups in total. The number of carbonyl (C=O) groups is 1. The second-order valence-corrected chi connectivity index (χ2v) is 5.95. The first kappa shape index (κ1) is 14.3. The van der Waals surface area contributed by atoms with E-state index in [1.807, 2.05) is 42.5 Å². The number of esters is 1. The van der Waals surface area contributed by atoms with Gasteiger partial charge in [0.1, 0.15) is 18.1 Å². The minimum atomic E-state index is -0.478. The third-order valence-corrected chi connectivity index (χ3v) is 4.53. The number of fused-ring (bicyclic) bond motifs is 3. The standard InChI is InChI=1S/C18H18O5/c1-20-12-7-14(21-10-11-5-3-2-4-6-11)17-13-9-16(19)23-18(13)22-15(17)8-12/h2-8,13,15,17-18H,9-10H2,1H3/t13-,15+,17+,18-/m0/s1. The summed E-state index contributed by atoms with van der Waals surface area (Å²) in [7, 11) is 1.62. The summed E-state index contributed by atoms with van der Waals surface area (Å²) in [5.41, 5.74) is 1.09. The predicted molar refractivity (Wildman–Crippen MR) is 80.8 cm³/mol. The van der Waals surface area contributed by atoms with Crippen molar-refractivity contribution in [1.29, 1.82) is 0 Å². The summed E-state index contributed by atoms with van der Waals surface area (Å²) >= 11 is 0. The normalized spacial score (nSPS) is 31.6. The molecule has 23 heavy (non-hydrogen) atoms. The molecular formula is C18H18O5. The van der Waals surface area contributed by atoms with E-state index in [2.05, 4.69) is 0 Å². The fraction of sp³-hybridized carbons (Fsp3) is 0.389. The molecule has 0 spiro atoms. The lowest BCUT2D eigenvalue weighted by molar-refractivity contribution is -0.161. The Bertz CT molecular complexity index is 663. The molecule has 2 heterocycles. The molecule has 5 nitrogen and oxygen atoms in total. The average Bonchev–Trinajstić information content (AvgIpc) is 3.08. The van der Waals surface area contributed by atoms with Gasteiger partial charge < -0.3 is 18.9 Å². The summed E-state index contributed by atoms with van der Waals surface area (Å²) in [6.45, 7) is 0.471. The van der Waals surface area contributed by atoms with Crippen LogP contribution >= 0.6 is 0 Å². The molecule has 5 heteroatoms. The first-order valence-electron chi connectivity index (χ1n) is 7.73. The molecule has 0 saturated carbocycles. The van der Waals surface area contributed by atoms with Gasteiger partial charge in [0.05, 0.1) is 25.6 Å². The zero-order chi connectivity index (χ0) is 15.8. The first-order chi connectivity index (χ1) is 11.2. The van der Waals surface area contributed by atoms with Crippen molar-refractivity contribution in [2.45, 2.75) is 25.4 Å². The molecule has 4 rings (SSSR count). The molecule has 3 aliphatic rings. The van der Waals surface area contributed by atoms with E-state index in [0.29, 0.717) is 18.8 Å². The highest BCUT2D eigenvalue weighted by atomic mass is 16.7. The Morgan fingerprint density at radius 2 is 2.09 bits per heavy atom. The molecule has 0 bridgehead atoms. The molecule has 2 aliphatic heterocycles. The number of benzene rings is 1. The molecule has 0 radical (unpaired) electrons. The number of hydrogen-bond donors (Lipinski definition) is 0. The largest absolute Gasteiger partial charge is 0.497 e. The van der Waals surface area contributed by atoms with E-state index in [4.69, 9.17) is 18.9 Å². The van der Waals surface area contributed by atoms with Gasteiger partial charge in [-0.3, -0.25) is 4.79 Å². The molecule has 2 fully saturated rings. The van der Waals surface area contributed by atoms with Crippen LogP contribution < -0.4 is 0 Å². The van der Waals surface area contributed by atoms with Crippen molar-refractivity contribution in [2.75, 3.05) is 7.11 Å². The van der Waals surface area contributed by atoms with Gasteiger partial charge >= 0.3 is 5.97 Å². The van der Waals surface area contributed by atoms with Crippen LogP contribution in [0.4, 0.5) is 0 Å². The average molecular weight is 314 g/mol. The van der Waals surface area contributed by atoms with Crippen LogP contribution in [-0.2, 0) is 30.3 Å². The van der Waals surface area contributed by atoms with Crippen molar-refractivity contribution < 1.29 is 23.7 Å². The van der Waals surface area contributed by atoms with Crippen molar-refractivity contribution in [3.63, 3.8) is 0 Å². The Hall–Kier alpha value is -2.27. The Morgan fingerprint density at radius 1 is 1.26 bits per heavy atom. The highest BCUT2D eigenvalue weighted by molar-refractivity contribution is 5.72. The highest BCUT2D eigenvalue weighted by Crippen LogP contribution is 2.47. The molecule has 0 unspecified atom stereocenters. The Morgan fingerprint density at radius 3 is 2.87 bits per heavy atom. The zero-order valence-corrected chi connectivity index (χ0v) is 12.8. The van der Waals surface area contributed by atoms with Crippen LogP contribution in [0.15, 0.2) is 54.0 Å². The van der Waals surface area contributed by atoms with E-state index in [9.17, 15) is 4.79 Å². The van der Waals surface area contributed by atoms with Crippen LogP contribution in [0.2, 0.25) is 0 Å². The van der Waals surface area contributed by atoms with Crippen molar-refractivity contribution in [1.82, 2.24) is 0 Å². The SMILES string of the molecule is COC1=C[C@H]2O[C@H]3OC(=O)C[C@H]3[C@@H]2C(OCc2ccccc2)=C1. The van der Waals surface area contributed by atoms with Gasteiger partial charge in [-0.15, -0.1) is 0 Å². The molecule has 120 valence electrons. The molecule has 1 aromatic carbocycles. The molecule has 4 atom stereocenters. The Balaban J connectivity index is 1.56. The van der Waals surface area contributed by atoms with E-state index in [1.165, 1.54) is 0 Å². The molecule has 0 amide bonds. The van der Waals surface area contributed by atoms with Crippen molar-refractivity contribution in [2.24, 2.45) is 11.8 Å². The molecule has 1 aliphatic carbocycles. The maximum absolute atomic E-state index is 11.5. The number of rotatable bonds is 4. The van der Waals surface area contributed by atoms with Gasteiger partial charge in [0.15, 0.2) is 0 Å². The minimum absolute atomic E-state index is 0.00387. The third-order valence-electron chi connectivity index (χ3n) is 4.53. The number of hydrogen-bond acceptors (Lipinski definition) is 5. The highest BCUT2D eigenvalue weighted by Gasteiger charge is 2.53. The van der Waals surface area contributed by atoms with E-state index in [-0.39, 0.29) is 23.9 Å². The van der Waals surface area contributed by atoms with E-state index >= 15 is 0 Å². The zero-order valence-electron chi connectivity index (χ0n) is 12.8. The van der Waals surface area contributed by atoms with Gasteiger partial charge in [-0.1, -0.05) is 30.3 Å². The fourth-order valence-electron chi connectivity index (χ4n) is 3.43. The lowest BCUT2D eigenvalue weighted by atomic mass is 9.84. The van der Waals surface area contributed by atoms with Gasteiger partial charge in [-0.2, -0.15) is 0 Å². The lowest BCUT2D eigenvalue weighted by Crippen LogP contribution is -2.26. The molecular weight excluding hydrogens is 296 g/mol. The van der Waals surface area contributed by atoms with E-state index in [1.54, 1.807) is 7.11 Å². The van der Waals surface area contributed by atoms with Crippen LogP contribution in [0, 0.1) is 11.8 Å². The maximum Gasteiger partial charge on any atom is 0.308 e. The number of carbonyl (C=O) groups excluding carboxylic acids is 1. The van der Waals surface area contributed by atoms with Gasteiger partial charge in [0, 0.05) is 12.0 Å². The van der Waals surface area contributed by atoms with Crippen LogP contribution in [0.1, 0.15) is 12.0 Å². The lowest BCUT2D eigenvalue weighted by Gasteiger charge is -2.26. The van der Waals surface area contributed by atoms with Crippen LogP contribution in [-0.4, -0.2) is 25.5 Å². The minimum Gasteiger partial charge on any atom is -0.497 e. The molecule has 0 aromatic heterocycles. The van der Waals surface area contributed by atoms with Crippen LogP contribution in [0.3, 0.4) is 0 Å². The Labute approximate surface area is 134 Å². The smallest absolute Gasteiger partial charge is 0.308 e. The summed E-state index contributed by atoms with van der Waals surface area (Å²) < 4.78 is 22.5. The quantitative estimate of drug-likeness (QED) is 0.799. The summed E-state index contributed by atoms with van der Waals surface area (Å²) in [6.07, 6.45) is 3.52. The maximum atomic E-state index is 11.5. The van der Waals surface area contributed by atoms with Gasteiger partial charge in [0.2, 0.25) is 6.29 Å². The number of ether oxygens (including phenoxy) is 4. The topological polar surface area (TPSA) is 54.0 Å². The summed E-state index contributed by atoms with van der Waals surface area (Å²) in [4.78, 5) is 11.5. The molecule has 2 saturated heterocycles.